The second-order valence-electron chi connectivity index (χ2n) is 6.99. The average molecular weight is 404 g/mol. The molecule has 1 atom stereocenters. The van der Waals surface area contributed by atoms with E-state index in [2.05, 4.69) is 15.3 Å². The van der Waals surface area contributed by atoms with E-state index in [1.54, 1.807) is 13.1 Å². The van der Waals surface area contributed by atoms with Crippen LogP contribution in [0.1, 0.15) is 31.5 Å². The molecule has 4 rings (SSSR count). The number of sulfonamides is 1. The second kappa shape index (κ2) is 6.30. The Balaban J connectivity index is 1.59. The van der Waals surface area contributed by atoms with Crippen LogP contribution in [0.5, 0.6) is 0 Å². The number of halogens is 3. The molecule has 2 aliphatic rings. The number of hydrogen-bond acceptors (Lipinski definition) is 6. The molecule has 0 bridgehead atoms. The van der Waals surface area contributed by atoms with Crippen molar-refractivity contribution < 1.29 is 21.6 Å². The summed E-state index contributed by atoms with van der Waals surface area (Å²) in [4.78, 5) is 1.81. The summed E-state index contributed by atoms with van der Waals surface area (Å²) >= 11 is 0. The largest absolute Gasteiger partial charge is 0.453 e. The third-order valence-electron chi connectivity index (χ3n) is 5.08. The van der Waals surface area contributed by atoms with Crippen molar-refractivity contribution in [3.8, 4) is 0 Å². The van der Waals surface area contributed by atoms with Crippen molar-refractivity contribution in [1.29, 1.82) is 0 Å². The van der Waals surface area contributed by atoms with Crippen LogP contribution in [0.25, 0.3) is 5.65 Å². The van der Waals surface area contributed by atoms with Crippen molar-refractivity contribution >= 4 is 21.5 Å². The number of rotatable bonds is 4. The SMILES string of the molecule is CN(C1CCCN(c2ccc3nnc(C(F)(F)F)n3n2)C1)S(=O)(=O)C1CC1. The fourth-order valence-electron chi connectivity index (χ4n) is 3.39. The Bertz CT molecular complexity index is 956. The van der Waals surface area contributed by atoms with Crippen LogP contribution >= 0.6 is 0 Å². The van der Waals surface area contributed by atoms with Gasteiger partial charge in [-0.1, -0.05) is 0 Å². The normalized spacial score (nSPS) is 22.0. The van der Waals surface area contributed by atoms with E-state index in [1.807, 2.05) is 4.90 Å². The van der Waals surface area contributed by atoms with Gasteiger partial charge in [0, 0.05) is 26.2 Å². The molecule has 12 heteroatoms. The molecule has 3 heterocycles. The first kappa shape index (κ1) is 18.4. The molecule has 1 saturated carbocycles. The Labute approximate surface area is 154 Å². The minimum Gasteiger partial charge on any atom is -0.354 e. The monoisotopic (exact) mass is 404 g/mol. The van der Waals surface area contributed by atoms with E-state index in [4.69, 9.17) is 0 Å². The molecule has 0 N–H and O–H groups in total. The van der Waals surface area contributed by atoms with Crippen LogP contribution in [0, 0.1) is 0 Å². The number of aromatic nitrogens is 4. The molecule has 1 saturated heterocycles. The predicted octanol–water partition coefficient (Wildman–Crippen LogP) is 1.54. The summed E-state index contributed by atoms with van der Waals surface area (Å²) in [6, 6.07) is 2.78. The zero-order valence-corrected chi connectivity index (χ0v) is 15.4. The van der Waals surface area contributed by atoms with Crippen LogP contribution in [0.15, 0.2) is 12.1 Å². The smallest absolute Gasteiger partial charge is 0.354 e. The van der Waals surface area contributed by atoms with Gasteiger partial charge in [-0.3, -0.25) is 0 Å². The van der Waals surface area contributed by atoms with Crippen molar-refractivity contribution in [3.63, 3.8) is 0 Å². The molecule has 2 aromatic heterocycles. The maximum atomic E-state index is 13.1. The molecule has 0 amide bonds. The molecule has 1 unspecified atom stereocenters. The highest BCUT2D eigenvalue weighted by molar-refractivity contribution is 7.90. The lowest BCUT2D eigenvalue weighted by Crippen LogP contribution is -2.49. The molecule has 0 radical (unpaired) electrons. The minimum absolute atomic E-state index is 0.00747. The van der Waals surface area contributed by atoms with Gasteiger partial charge >= 0.3 is 6.18 Å². The molecule has 0 aromatic carbocycles. The van der Waals surface area contributed by atoms with E-state index < -0.39 is 22.0 Å². The fourth-order valence-corrected chi connectivity index (χ4v) is 5.18. The van der Waals surface area contributed by atoms with Crippen LogP contribution in [-0.4, -0.2) is 64.0 Å². The van der Waals surface area contributed by atoms with E-state index in [1.165, 1.54) is 10.4 Å². The number of hydrogen-bond donors (Lipinski definition) is 0. The highest BCUT2D eigenvalue weighted by Crippen LogP contribution is 2.33. The van der Waals surface area contributed by atoms with E-state index in [0.29, 0.717) is 42.7 Å². The lowest BCUT2D eigenvalue weighted by atomic mass is 10.1. The molecule has 148 valence electrons. The van der Waals surface area contributed by atoms with Crippen LogP contribution in [-0.2, 0) is 16.2 Å². The third-order valence-corrected chi connectivity index (χ3v) is 7.50. The van der Waals surface area contributed by atoms with Gasteiger partial charge < -0.3 is 4.90 Å². The molecule has 1 aliphatic carbocycles. The van der Waals surface area contributed by atoms with Gasteiger partial charge in [0.15, 0.2) is 5.65 Å². The first-order valence-electron chi connectivity index (χ1n) is 8.69. The summed E-state index contributed by atoms with van der Waals surface area (Å²) in [7, 11) is -1.73. The van der Waals surface area contributed by atoms with Gasteiger partial charge in [-0.15, -0.1) is 15.3 Å². The van der Waals surface area contributed by atoms with E-state index in [9.17, 15) is 21.6 Å². The van der Waals surface area contributed by atoms with Gasteiger partial charge in [0.05, 0.1) is 5.25 Å². The standard InChI is InChI=1S/C15H19F3N6O2S/c1-22(27(25,26)11-4-5-11)10-3-2-8-23(9-10)13-7-6-12-19-20-14(15(16,17)18)24(12)21-13/h6-7,10-11H,2-5,8-9H2,1H3. The van der Waals surface area contributed by atoms with Gasteiger partial charge in [-0.25, -0.2) is 8.42 Å². The number of likely N-dealkylation sites (N-methyl/N-ethyl adjacent to an activating group) is 1. The average Bonchev–Trinajstić information content (AvgIpc) is 3.40. The zero-order chi connectivity index (χ0) is 19.4. The van der Waals surface area contributed by atoms with Gasteiger partial charge in [-0.05, 0) is 37.8 Å². The molecule has 1 aliphatic heterocycles. The maximum Gasteiger partial charge on any atom is 0.453 e. The van der Waals surface area contributed by atoms with Crippen LogP contribution in [0.3, 0.4) is 0 Å². The molecule has 0 spiro atoms. The molecule has 8 nitrogen and oxygen atoms in total. The summed E-state index contributed by atoms with van der Waals surface area (Å²) in [6.07, 6.45) is -1.84. The van der Waals surface area contributed by atoms with E-state index >= 15 is 0 Å². The lowest BCUT2D eigenvalue weighted by molar-refractivity contribution is -0.146. The number of fused-ring (bicyclic) bond motifs is 1. The number of alkyl halides is 3. The van der Waals surface area contributed by atoms with Crippen molar-refractivity contribution in [2.45, 2.75) is 43.2 Å². The topological polar surface area (TPSA) is 83.7 Å². The van der Waals surface area contributed by atoms with Crippen LogP contribution in [0.4, 0.5) is 19.0 Å². The molecular formula is C15H19F3N6O2S. The van der Waals surface area contributed by atoms with Crippen molar-refractivity contribution in [1.82, 2.24) is 24.1 Å². The van der Waals surface area contributed by atoms with E-state index in [-0.39, 0.29) is 16.9 Å². The molecule has 2 aromatic rings. The Morgan fingerprint density at radius 2 is 1.93 bits per heavy atom. The number of anilines is 1. The Kier molecular flexibility index (Phi) is 4.29. The Hall–Kier alpha value is -1.95. The van der Waals surface area contributed by atoms with Gasteiger partial charge in [0.1, 0.15) is 5.82 Å². The van der Waals surface area contributed by atoms with Gasteiger partial charge in [0.25, 0.3) is 5.82 Å². The molecule has 27 heavy (non-hydrogen) atoms. The van der Waals surface area contributed by atoms with E-state index in [0.717, 1.165) is 6.42 Å². The third kappa shape index (κ3) is 3.35. The van der Waals surface area contributed by atoms with Crippen molar-refractivity contribution in [2.75, 3.05) is 25.0 Å². The van der Waals surface area contributed by atoms with Crippen LogP contribution < -0.4 is 4.90 Å². The van der Waals surface area contributed by atoms with Gasteiger partial charge in [-0.2, -0.15) is 22.0 Å². The number of nitrogens with zero attached hydrogens (tertiary/aromatic N) is 6. The van der Waals surface area contributed by atoms with Crippen molar-refractivity contribution in [2.24, 2.45) is 0 Å². The zero-order valence-electron chi connectivity index (χ0n) is 14.6. The lowest BCUT2D eigenvalue weighted by Gasteiger charge is -2.37. The first-order valence-corrected chi connectivity index (χ1v) is 10.2. The van der Waals surface area contributed by atoms with Gasteiger partial charge in [0.2, 0.25) is 10.0 Å². The number of piperidine rings is 1. The summed E-state index contributed by atoms with van der Waals surface area (Å²) < 4.78 is 66.2. The summed E-state index contributed by atoms with van der Waals surface area (Å²) in [5.74, 6) is -0.837. The molecular weight excluding hydrogens is 385 g/mol. The maximum absolute atomic E-state index is 13.1. The summed E-state index contributed by atoms with van der Waals surface area (Å²) in [5, 5.41) is 10.4. The second-order valence-corrected chi connectivity index (χ2v) is 9.26. The van der Waals surface area contributed by atoms with Crippen molar-refractivity contribution in [3.05, 3.63) is 18.0 Å². The first-order chi connectivity index (χ1) is 12.7. The Morgan fingerprint density at radius 3 is 2.59 bits per heavy atom. The highest BCUT2D eigenvalue weighted by Gasteiger charge is 2.42. The quantitative estimate of drug-likeness (QED) is 0.769. The molecule has 2 fully saturated rings. The highest BCUT2D eigenvalue weighted by atomic mass is 32.2. The summed E-state index contributed by atoms with van der Waals surface area (Å²) in [6.45, 7) is 0.972. The minimum atomic E-state index is -4.66. The fraction of sp³-hybridized carbons (Fsp3) is 0.667. The Morgan fingerprint density at radius 1 is 1.19 bits per heavy atom. The van der Waals surface area contributed by atoms with Crippen LogP contribution in [0.2, 0.25) is 0 Å². The predicted molar refractivity (Wildman–Crippen MR) is 90.7 cm³/mol. The summed E-state index contributed by atoms with van der Waals surface area (Å²) in [5.41, 5.74) is 0.00747.